The van der Waals surface area contributed by atoms with Crippen LogP contribution in [0.25, 0.3) is 0 Å². The minimum Gasteiger partial charge on any atom is -0.497 e. The predicted octanol–water partition coefficient (Wildman–Crippen LogP) is 4.42. The predicted molar refractivity (Wildman–Crippen MR) is 84.8 cm³/mol. The van der Waals surface area contributed by atoms with Crippen molar-refractivity contribution in [2.45, 2.75) is 32.2 Å². The Bertz CT molecular complexity index is 492. The van der Waals surface area contributed by atoms with E-state index < -0.39 is 0 Å². The van der Waals surface area contributed by atoms with E-state index in [-0.39, 0.29) is 5.54 Å². The quantitative estimate of drug-likeness (QED) is 0.896. The maximum absolute atomic E-state index is 6.20. The first kappa shape index (κ1) is 14.5. The van der Waals surface area contributed by atoms with Crippen molar-refractivity contribution in [1.29, 1.82) is 0 Å². The molecule has 1 heterocycles. The molecular weight excluding hydrogens is 280 g/mol. The molecule has 0 radical (unpaired) electrons. The Morgan fingerprint density at radius 1 is 1.53 bits per heavy atom. The summed E-state index contributed by atoms with van der Waals surface area (Å²) in [6.07, 6.45) is 2.16. The van der Waals surface area contributed by atoms with Gasteiger partial charge in [-0.15, -0.1) is 0 Å². The fourth-order valence-electron chi connectivity index (χ4n) is 1.86. The average Bonchev–Trinajstić information content (AvgIpc) is 2.41. The summed E-state index contributed by atoms with van der Waals surface area (Å²) >= 11 is 7.93. The molecule has 1 aromatic carbocycles. The highest BCUT2D eigenvalue weighted by molar-refractivity contribution is 8.14. The number of halogens is 1. The zero-order valence-corrected chi connectivity index (χ0v) is 13.1. The molecule has 1 N–H and O–H groups in total. The smallest absolute Gasteiger partial charge is 0.161 e. The van der Waals surface area contributed by atoms with Gasteiger partial charge >= 0.3 is 0 Å². The number of thioether (sulfide) groups is 1. The SMILES string of the molecule is CCC1(C)CCSC(Nc2cc(OC)ccc2Cl)=N1. The fraction of sp³-hybridized carbons (Fsp3) is 0.500. The van der Waals surface area contributed by atoms with Crippen LogP contribution in [0.2, 0.25) is 5.02 Å². The van der Waals surface area contributed by atoms with Gasteiger partial charge in [-0.3, -0.25) is 4.99 Å². The molecule has 1 aliphatic heterocycles. The number of hydrogen-bond acceptors (Lipinski definition) is 4. The monoisotopic (exact) mass is 298 g/mol. The van der Waals surface area contributed by atoms with Gasteiger partial charge in [-0.05, 0) is 31.9 Å². The number of nitrogens with one attached hydrogen (secondary N) is 1. The third kappa shape index (κ3) is 3.57. The van der Waals surface area contributed by atoms with Gasteiger partial charge in [-0.1, -0.05) is 30.3 Å². The van der Waals surface area contributed by atoms with Crippen LogP contribution in [0.1, 0.15) is 26.7 Å². The minimum absolute atomic E-state index is 0.0406. The van der Waals surface area contributed by atoms with Gasteiger partial charge in [0.05, 0.1) is 23.4 Å². The Labute approximate surface area is 123 Å². The third-order valence-electron chi connectivity index (χ3n) is 3.43. The molecule has 0 amide bonds. The summed E-state index contributed by atoms with van der Waals surface area (Å²) in [5, 5.41) is 4.92. The molecular formula is C14H19ClN2OS. The molecule has 19 heavy (non-hydrogen) atoms. The van der Waals surface area contributed by atoms with E-state index in [0.717, 1.165) is 35.2 Å². The van der Waals surface area contributed by atoms with Gasteiger partial charge in [0, 0.05) is 11.8 Å². The Kier molecular flexibility index (Phi) is 4.63. The molecule has 0 spiro atoms. The first-order valence-electron chi connectivity index (χ1n) is 6.39. The second-order valence-electron chi connectivity index (χ2n) is 4.84. The van der Waals surface area contributed by atoms with Gasteiger partial charge in [0.2, 0.25) is 0 Å². The number of amidine groups is 1. The Balaban J connectivity index is 2.21. The average molecular weight is 299 g/mol. The molecule has 1 aromatic rings. The molecule has 104 valence electrons. The molecule has 1 atom stereocenters. The summed E-state index contributed by atoms with van der Waals surface area (Å²) in [5.74, 6) is 1.86. The Morgan fingerprint density at radius 3 is 3.00 bits per heavy atom. The highest BCUT2D eigenvalue weighted by Crippen LogP contribution is 2.32. The maximum atomic E-state index is 6.20. The highest BCUT2D eigenvalue weighted by atomic mass is 35.5. The van der Waals surface area contributed by atoms with Crippen LogP contribution in [0.5, 0.6) is 5.75 Å². The van der Waals surface area contributed by atoms with Crippen molar-refractivity contribution in [3.05, 3.63) is 23.2 Å². The van der Waals surface area contributed by atoms with E-state index in [4.69, 9.17) is 21.3 Å². The fourth-order valence-corrected chi connectivity index (χ4v) is 3.23. The van der Waals surface area contributed by atoms with Crippen LogP contribution >= 0.6 is 23.4 Å². The Hall–Kier alpha value is -0.870. The lowest BCUT2D eigenvalue weighted by Crippen LogP contribution is -2.29. The highest BCUT2D eigenvalue weighted by Gasteiger charge is 2.26. The maximum Gasteiger partial charge on any atom is 0.161 e. The number of hydrogen-bond donors (Lipinski definition) is 1. The van der Waals surface area contributed by atoms with Gasteiger partial charge in [0.25, 0.3) is 0 Å². The molecule has 0 aliphatic carbocycles. The lowest BCUT2D eigenvalue weighted by atomic mass is 9.97. The van der Waals surface area contributed by atoms with Crippen molar-refractivity contribution < 1.29 is 4.74 Å². The van der Waals surface area contributed by atoms with Crippen molar-refractivity contribution in [2.24, 2.45) is 4.99 Å². The minimum atomic E-state index is 0.0406. The topological polar surface area (TPSA) is 33.6 Å². The van der Waals surface area contributed by atoms with Crippen LogP contribution in [0.15, 0.2) is 23.2 Å². The van der Waals surface area contributed by atoms with Crippen molar-refractivity contribution in [2.75, 3.05) is 18.2 Å². The summed E-state index contributed by atoms with van der Waals surface area (Å²) in [7, 11) is 1.65. The van der Waals surface area contributed by atoms with E-state index in [2.05, 4.69) is 19.2 Å². The van der Waals surface area contributed by atoms with Crippen molar-refractivity contribution in [3.63, 3.8) is 0 Å². The molecule has 1 unspecified atom stereocenters. The molecule has 0 aromatic heterocycles. The second kappa shape index (κ2) is 6.06. The van der Waals surface area contributed by atoms with Crippen LogP contribution < -0.4 is 10.1 Å². The van der Waals surface area contributed by atoms with Crippen LogP contribution in [-0.2, 0) is 0 Å². The van der Waals surface area contributed by atoms with Crippen LogP contribution in [0.3, 0.4) is 0 Å². The van der Waals surface area contributed by atoms with Gasteiger partial charge in [0.1, 0.15) is 5.75 Å². The molecule has 5 heteroatoms. The van der Waals surface area contributed by atoms with Crippen LogP contribution in [0, 0.1) is 0 Å². The molecule has 0 bridgehead atoms. The number of anilines is 1. The number of ether oxygens (including phenoxy) is 1. The standard InChI is InChI=1S/C14H19ClN2OS/c1-4-14(2)7-8-19-13(17-14)16-12-9-10(18-3)5-6-11(12)15/h5-6,9H,4,7-8H2,1-3H3,(H,16,17). The van der Waals surface area contributed by atoms with E-state index in [0.29, 0.717) is 5.02 Å². The summed E-state index contributed by atoms with van der Waals surface area (Å²) < 4.78 is 5.22. The largest absolute Gasteiger partial charge is 0.497 e. The summed E-state index contributed by atoms with van der Waals surface area (Å²) in [6, 6.07) is 5.57. The molecule has 1 aliphatic rings. The molecule has 3 nitrogen and oxygen atoms in total. The van der Waals surface area contributed by atoms with Crippen molar-refractivity contribution in [1.82, 2.24) is 0 Å². The summed E-state index contributed by atoms with van der Waals surface area (Å²) in [5.41, 5.74) is 0.881. The first-order chi connectivity index (χ1) is 9.06. The van der Waals surface area contributed by atoms with E-state index in [1.807, 2.05) is 18.2 Å². The normalized spacial score (nSPS) is 22.8. The summed E-state index contributed by atoms with van der Waals surface area (Å²) in [4.78, 5) is 4.79. The van der Waals surface area contributed by atoms with Crippen molar-refractivity contribution >= 4 is 34.2 Å². The zero-order valence-electron chi connectivity index (χ0n) is 11.5. The zero-order chi connectivity index (χ0) is 13.9. The number of methoxy groups -OCH3 is 1. The van der Waals surface area contributed by atoms with E-state index in [1.54, 1.807) is 18.9 Å². The number of nitrogens with zero attached hydrogens (tertiary/aromatic N) is 1. The van der Waals surface area contributed by atoms with Gasteiger partial charge in [-0.2, -0.15) is 0 Å². The van der Waals surface area contributed by atoms with Crippen LogP contribution in [-0.4, -0.2) is 23.6 Å². The van der Waals surface area contributed by atoms with E-state index in [9.17, 15) is 0 Å². The van der Waals surface area contributed by atoms with Gasteiger partial charge < -0.3 is 10.1 Å². The van der Waals surface area contributed by atoms with Crippen molar-refractivity contribution in [3.8, 4) is 5.75 Å². The molecule has 0 saturated heterocycles. The first-order valence-corrected chi connectivity index (χ1v) is 7.76. The van der Waals surface area contributed by atoms with E-state index >= 15 is 0 Å². The lowest BCUT2D eigenvalue weighted by Gasteiger charge is -2.29. The molecule has 2 rings (SSSR count). The molecule has 0 fully saturated rings. The second-order valence-corrected chi connectivity index (χ2v) is 6.33. The third-order valence-corrected chi connectivity index (χ3v) is 4.63. The van der Waals surface area contributed by atoms with E-state index in [1.165, 1.54) is 0 Å². The lowest BCUT2D eigenvalue weighted by molar-refractivity contribution is 0.415. The van der Waals surface area contributed by atoms with Gasteiger partial charge in [0.15, 0.2) is 5.17 Å². The Morgan fingerprint density at radius 2 is 2.32 bits per heavy atom. The van der Waals surface area contributed by atoms with Gasteiger partial charge in [-0.25, -0.2) is 0 Å². The number of rotatable bonds is 3. The summed E-state index contributed by atoms with van der Waals surface area (Å²) in [6.45, 7) is 4.37. The van der Waals surface area contributed by atoms with Crippen LogP contribution in [0.4, 0.5) is 5.69 Å². The number of aliphatic imine (C=N–C) groups is 1. The number of benzene rings is 1. The molecule has 0 saturated carbocycles.